The molecule has 11 heteroatoms. The number of benzene rings is 1. The van der Waals surface area contributed by atoms with Gasteiger partial charge in [0.05, 0.1) is 0 Å². The van der Waals surface area contributed by atoms with Gasteiger partial charge in [0.25, 0.3) is 11.8 Å². The van der Waals surface area contributed by atoms with Crippen molar-refractivity contribution in [3.05, 3.63) is 53.6 Å². The van der Waals surface area contributed by atoms with Gasteiger partial charge < -0.3 is 20.9 Å². The Morgan fingerprint density at radius 3 is 2.52 bits per heavy atom. The summed E-state index contributed by atoms with van der Waals surface area (Å²) in [6, 6.07) is 5.32. The van der Waals surface area contributed by atoms with Crippen LogP contribution in [0.25, 0.3) is 0 Å². The van der Waals surface area contributed by atoms with Crippen molar-refractivity contribution in [2.24, 2.45) is 11.7 Å². The Morgan fingerprint density at radius 2 is 1.94 bits per heavy atom. The number of hydrogen-bond acceptors (Lipinski definition) is 5. The van der Waals surface area contributed by atoms with Gasteiger partial charge in [-0.2, -0.15) is 13.2 Å². The number of rotatable bonds is 4. The zero-order valence-corrected chi connectivity index (χ0v) is 16.4. The van der Waals surface area contributed by atoms with Crippen molar-refractivity contribution in [3.8, 4) is 5.75 Å². The summed E-state index contributed by atoms with van der Waals surface area (Å²) < 4.78 is 60.1. The van der Waals surface area contributed by atoms with E-state index in [0.717, 1.165) is 31.2 Å². The quantitative estimate of drug-likeness (QED) is 0.631. The third-order valence-electron chi connectivity index (χ3n) is 5.56. The van der Waals surface area contributed by atoms with Gasteiger partial charge in [0, 0.05) is 35.3 Å². The first kappa shape index (κ1) is 22.5. The number of carbonyl (C=O) groups excluding carboxylic acids is 2. The van der Waals surface area contributed by atoms with E-state index in [1.54, 1.807) is 0 Å². The van der Waals surface area contributed by atoms with Crippen LogP contribution in [-0.4, -0.2) is 39.8 Å². The third-order valence-corrected chi connectivity index (χ3v) is 5.56. The number of anilines is 1. The van der Waals surface area contributed by atoms with Crippen LogP contribution < -0.4 is 11.1 Å². The Morgan fingerprint density at radius 1 is 1.26 bits per heavy atom. The number of nitrogens with zero attached hydrogens (tertiary/aromatic N) is 1. The molecule has 4 atom stereocenters. The number of pyridine rings is 1. The lowest BCUT2D eigenvalue weighted by Crippen LogP contribution is -2.47. The molecule has 2 aromatic rings. The smallest absolute Gasteiger partial charge is 0.417 e. The molecule has 166 valence electrons. The predicted molar refractivity (Wildman–Crippen MR) is 101 cm³/mol. The largest absolute Gasteiger partial charge is 0.508 e. The van der Waals surface area contributed by atoms with Crippen LogP contribution in [0.3, 0.4) is 0 Å². The lowest BCUT2D eigenvalue weighted by atomic mass is 9.77. The van der Waals surface area contributed by atoms with E-state index >= 15 is 0 Å². The highest BCUT2D eigenvalue weighted by molar-refractivity contribution is 5.97. The molecule has 1 saturated heterocycles. The molecule has 1 fully saturated rings. The molecule has 2 amide bonds. The number of primary amides is 1. The number of phenolic OH excluding ortho intramolecular Hbond substituents is 1. The van der Waals surface area contributed by atoms with E-state index in [1.165, 1.54) is 19.2 Å². The molecule has 1 aliphatic rings. The summed E-state index contributed by atoms with van der Waals surface area (Å²) in [5.41, 5.74) is 2.27. The number of phenols is 1. The van der Waals surface area contributed by atoms with Gasteiger partial charge in [-0.05, 0) is 25.1 Å². The minimum Gasteiger partial charge on any atom is -0.508 e. The van der Waals surface area contributed by atoms with E-state index < -0.39 is 53.1 Å². The maximum absolute atomic E-state index is 13.8. The fourth-order valence-electron chi connectivity index (χ4n) is 3.68. The number of halogens is 4. The maximum atomic E-state index is 13.8. The Kier molecular flexibility index (Phi) is 5.66. The molecule has 2 heterocycles. The minimum absolute atomic E-state index is 0.0606. The summed E-state index contributed by atoms with van der Waals surface area (Å²) in [5, 5.41) is 12.5. The van der Waals surface area contributed by atoms with Gasteiger partial charge >= 0.3 is 6.18 Å². The molecule has 7 nitrogen and oxygen atoms in total. The standard InChI is InChI=1S/C20H19F4N3O4/c1-9-15(12-4-3-10(21)7-14(12)28)16(31-19(9,2)20(22,23)24)18(30)27-11-5-6-26-13(8-11)17(25)29/h3-9,15-16,28H,1-2H3,(H2,25,29)(H,26,27,30)/t9-,15-,16+,19+/m0/s1. The number of ether oxygens (including phenoxy) is 1. The highest BCUT2D eigenvalue weighted by Crippen LogP contribution is 2.54. The lowest BCUT2D eigenvalue weighted by molar-refractivity contribution is -0.272. The Labute approximate surface area is 174 Å². The molecule has 0 bridgehead atoms. The molecule has 31 heavy (non-hydrogen) atoms. The number of aromatic nitrogens is 1. The molecule has 0 spiro atoms. The molecule has 0 radical (unpaired) electrons. The predicted octanol–water partition coefficient (Wildman–Crippen LogP) is 3.10. The van der Waals surface area contributed by atoms with Crippen LogP contribution in [0.1, 0.15) is 35.8 Å². The molecule has 1 aliphatic heterocycles. The van der Waals surface area contributed by atoms with E-state index in [4.69, 9.17) is 10.5 Å². The molecule has 4 N–H and O–H groups in total. The van der Waals surface area contributed by atoms with Crippen molar-refractivity contribution in [1.29, 1.82) is 0 Å². The molecule has 1 aromatic heterocycles. The normalized spacial score (nSPS) is 25.9. The fourth-order valence-corrected chi connectivity index (χ4v) is 3.68. The monoisotopic (exact) mass is 441 g/mol. The molecule has 1 aromatic carbocycles. The van der Waals surface area contributed by atoms with Crippen molar-refractivity contribution in [2.45, 2.75) is 37.6 Å². The van der Waals surface area contributed by atoms with Crippen molar-refractivity contribution in [2.75, 3.05) is 5.32 Å². The van der Waals surface area contributed by atoms with Crippen LogP contribution in [0.15, 0.2) is 36.5 Å². The van der Waals surface area contributed by atoms with Gasteiger partial charge in [-0.3, -0.25) is 14.6 Å². The van der Waals surface area contributed by atoms with Crippen molar-refractivity contribution in [1.82, 2.24) is 4.98 Å². The van der Waals surface area contributed by atoms with Gasteiger partial charge in [0.1, 0.15) is 23.4 Å². The summed E-state index contributed by atoms with van der Waals surface area (Å²) in [5.74, 6) is -5.74. The highest BCUT2D eigenvalue weighted by Gasteiger charge is 2.65. The SMILES string of the molecule is C[C@H]1[C@@H](c2ccc(F)cc2O)[C@H](C(=O)Nc2ccnc(C(N)=O)c2)O[C@@]1(C)C(F)(F)F. The molecule has 0 aliphatic carbocycles. The fraction of sp³-hybridized carbons (Fsp3) is 0.350. The number of nitrogens with one attached hydrogen (secondary N) is 1. The van der Waals surface area contributed by atoms with Gasteiger partial charge in [0.15, 0.2) is 5.60 Å². The second kappa shape index (κ2) is 7.80. The topological polar surface area (TPSA) is 115 Å². The number of alkyl halides is 3. The van der Waals surface area contributed by atoms with Gasteiger partial charge in [0.2, 0.25) is 0 Å². The Balaban J connectivity index is 2.01. The van der Waals surface area contributed by atoms with Crippen LogP contribution in [0.2, 0.25) is 0 Å². The second-order valence-electron chi connectivity index (χ2n) is 7.44. The van der Waals surface area contributed by atoms with Crippen LogP contribution >= 0.6 is 0 Å². The number of carbonyl (C=O) groups is 2. The number of amides is 2. The molecule has 0 unspecified atom stereocenters. The van der Waals surface area contributed by atoms with E-state index in [0.29, 0.717) is 0 Å². The average Bonchev–Trinajstić information content (AvgIpc) is 2.94. The first-order chi connectivity index (χ1) is 14.3. The summed E-state index contributed by atoms with van der Waals surface area (Å²) >= 11 is 0. The zero-order chi connectivity index (χ0) is 23.1. The van der Waals surface area contributed by atoms with Crippen molar-refractivity contribution >= 4 is 17.5 Å². The number of hydrogen-bond donors (Lipinski definition) is 3. The molecular weight excluding hydrogens is 422 g/mol. The summed E-state index contributed by atoms with van der Waals surface area (Å²) in [7, 11) is 0. The van der Waals surface area contributed by atoms with Gasteiger partial charge in [-0.1, -0.05) is 13.0 Å². The lowest BCUT2D eigenvalue weighted by Gasteiger charge is -2.31. The minimum atomic E-state index is -4.83. The average molecular weight is 441 g/mol. The zero-order valence-electron chi connectivity index (χ0n) is 16.4. The highest BCUT2D eigenvalue weighted by atomic mass is 19.4. The number of aromatic hydroxyl groups is 1. The Hall–Kier alpha value is -3.21. The number of nitrogens with two attached hydrogens (primary N) is 1. The van der Waals surface area contributed by atoms with Crippen molar-refractivity contribution < 1.29 is 37.0 Å². The van der Waals surface area contributed by atoms with Crippen LogP contribution in [0.4, 0.5) is 23.2 Å². The maximum Gasteiger partial charge on any atom is 0.417 e. The van der Waals surface area contributed by atoms with E-state index in [9.17, 15) is 32.3 Å². The first-order valence-electron chi connectivity index (χ1n) is 9.15. The molecule has 3 rings (SSSR count). The second-order valence-corrected chi connectivity index (χ2v) is 7.44. The van der Waals surface area contributed by atoms with E-state index in [2.05, 4.69) is 10.3 Å². The summed E-state index contributed by atoms with van der Waals surface area (Å²) in [4.78, 5) is 27.9. The van der Waals surface area contributed by atoms with Crippen LogP contribution in [0.5, 0.6) is 5.75 Å². The molecule has 0 saturated carbocycles. The van der Waals surface area contributed by atoms with Crippen LogP contribution in [-0.2, 0) is 9.53 Å². The summed E-state index contributed by atoms with van der Waals surface area (Å²) in [6.45, 7) is 2.06. The van der Waals surface area contributed by atoms with Crippen molar-refractivity contribution in [3.63, 3.8) is 0 Å². The van der Waals surface area contributed by atoms with Crippen LogP contribution in [0, 0.1) is 11.7 Å². The van der Waals surface area contributed by atoms with Gasteiger partial charge in [-0.25, -0.2) is 4.39 Å². The van der Waals surface area contributed by atoms with E-state index in [-0.39, 0.29) is 16.9 Å². The summed E-state index contributed by atoms with van der Waals surface area (Å²) in [6.07, 6.45) is -5.31. The van der Waals surface area contributed by atoms with Gasteiger partial charge in [-0.15, -0.1) is 0 Å². The van der Waals surface area contributed by atoms with E-state index in [1.807, 2.05) is 0 Å². The molecular formula is C20H19F4N3O4. The third kappa shape index (κ3) is 4.05. The Bertz CT molecular complexity index is 1030. The first-order valence-corrected chi connectivity index (χ1v) is 9.15.